The van der Waals surface area contributed by atoms with Gasteiger partial charge in [0.15, 0.2) is 10.0 Å². The lowest BCUT2D eigenvalue weighted by atomic mass is 10.4. The van der Waals surface area contributed by atoms with Gasteiger partial charge in [0.1, 0.15) is 0 Å². The first-order chi connectivity index (χ1) is 5.52. The highest BCUT2D eigenvalue weighted by Gasteiger charge is 2.03. The van der Waals surface area contributed by atoms with Crippen LogP contribution in [0.2, 0.25) is 0 Å². The van der Waals surface area contributed by atoms with Gasteiger partial charge in [0.05, 0.1) is 12.9 Å². The number of nitrogens with one attached hydrogen (secondary N) is 1. The van der Waals surface area contributed by atoms with Gasteiger partial charge in [0.25, 0.3) is 0 Å². The fourth-order valence-corrected chi connectivity index (χ4v) is 1.44. The smallest absolute Gasteiger partial charge is 0.160 e. The molecule has 1 unspecified atom stereocenters. The zero-order chi connectivity index (χ0) is 9.61. The quantitative estimate of drug-likeness (QED) is 0.684. The van der Waals surface area contributed by atoms with Gasteiger partial charge < -0.3 is 4.90 Å². The molecule has 0 aromatic carbocycles. The van der Waals surface area contributed by atoms with Crippen molar-refractivity contribution in [2.45, 2.75) is 13.3 Å². The molecular weight excluding hydrogens is 176 g/mol. The molecule has 0 aliphatic heterocycles. The lowest BCUT2D eigenvalue weighted by molar-refractivity contribution is 0.351. The molecule has 0 rings (SSSR count). The summed E-state index contributed by atoms with van der Waals surface area (Å²) in [5.41, 5.74) is 0. The minimum Gasteiger partial charge on any atom is -0.307 e. The van der Waals surface area contributed by atoms with E-state index in [-0.39, 0.29) is 0 Å². The third kappa shape index (κ3) is 5.51. The molecule has 12 heavy (non-hydrogen) atoms. The molecule has 1 N–H and O–H groups in total. The van der Waals surface area contributed by atoms with Crippen LogP contribution in [0.3, 0.4) is 0 Å². The van der Waals surface area contributed by atoms with Crippen molar-refractivity contribution in [2.24, 2.45) is 0 Å². The Kier molecular flexibility index (Phi) is 5.44. The highest BCUT2D eigenvalue weighted by molar-refractivity contribution is 7.87. The Bertz CT molecular complexity index is 201. The first-order valence-corrected chi connectivity index (χ1v) is 5.67. The lowest BCUT2D eigenvalue weighted by Gasteiger charge is -2.13. The minimum atomic E-state index is -2.75. The van der Waals surface area contributed by atoms with Crippen LogP contribution in [0.25, 0.3) is 0 Å². The first kappa shape index (κ1) is 11.9. The molecule has 74 valence electrons. The molecule has 0 fully saturated rings. The molecule has 0 saturated heterocycles. The summed E-state index contributed by atoms with van der Waals surface area (Å²) in [6.45, 7) is 3.91. The fourth-order valence-electron chi connectivity index (χ4n) is 0.766. The van der Waals surface area contributed by atoms with Crippen LogP contribution < -0.4 is 0 Å². The number of rotatable bonds is 6. The predicted molar refractivity (Wildman–Crippen MR) is 50.5 cm³/mol. The molecule has 0 amide bonds. The van der Waals surface area contributed by atoms with E-state index in [0.717, 1.165) is 19.5 Å². The normalized spacial score (nSPS) is 16.3. The summed E-state index contributed by atoms with van der Waals surface area (Å²) in [7, 11) is 0.567. The Labute approximate surface area is 75.1 Å². The molecule has 0 aromatic heterocycles. The molecule has 0 aliphatic rings. The van der Waals surface area contributed by atoms with Crippen LogP contribution in [0.15, 0.2) is 0 Å². The Hall–Kier alpha value is -0.130. The summed E-state index contributed by atoms with van der Waals surface area (Å²) in [4.78, 5) is 2.12. The van der Waals surface area contributed by atoms with E-state index in [0.29, 0.717) is 5.75 Å². The average molecular weight is 194 g/mol. The lowest BCUT2D eigenvalue weighted by Crippen LogP contribution is -2.21. The van der Waals surface area contributed by atoms with Gasteiger partial charge in [-0.2, -0.15) is 0 Å². The van der Waals surface area contributed by atoms with E-state index in [9.17, 15) is 4.21 Å². The molecule has 0 aliphatic carbocycles. The Morgan fingerprint density at radius 1 is 1.58 bits per heavy atom. The Balaban J connectivity index is 3.57. The third-order valence-electron chi connectivity index (χ3n) is 1.76. The molecule has 0 saturated carbocycles. The molecule has 0 heterocycles. The van der Waals surface area contributed by atoms with Crippen molar-refractivity contribution in [1.82, 2.24) is 4.90 Å². The van der Waals surface area contributed by atoms with Crippen LogP contribution >= 0.6 is 0 Å². The second-order valence-electron chi connectivity index (χ2n) is 2.73. The Morgan fingerprint density at radius 3 is 2.58 bits per heavy atom. The zero-order valence-electron chi connectivity index (χ0n) is 8.00. The summed E-state index contributed by atoms with van der Waals surface area (Å²) >= 11 is 0. The van der Waals surface area contributed by atoms with Crippen molar-refractivity contribution in [2.75, 3.05) is 33.0 Å². The molecular formula is C7H18N2O2S. The summed E-state index contributed by atoms with van der Waals surface area (Å²) in [5.74, 6) is 0.327. The summed E-state index contributed by atoms with van der Waals surface area (Å²) < 4.78 is 22.7. The summed E-state index contributed by atoms with van der Waals surface area (Å²) in [6, 6.07) is 0. The van der Waals surface area contributed by atoms with Gasteiger partial charge in [-0.3, -0.25) is 4.18 Å². The first-order valence-electron chi connectivity index (χ1n) is 4.02. The highest BCUT2D eigenvalue weighted by Crippen LogP contribution is 1.96. The highest BCUT2D eigenvalue weighted by atomic mass is 32.2. The second-order valence-corrected chi connectivity index (χ2v) is 4.71. The molecule has 5 heteroatoms. The maximum absolute atomic E-state index is 11.1. The van der Waals surface area contributed by atoms with Crippen LogP contribution in [0.4, 0.5) is 0 Å². The molecule has 0 spiro atoms. The van der Waals surface area contributed by atoms with Crippen molar-refractivity contribution in [1.29, 1.82) is 4.78 Å². The van der Waals surface area contributed by atoms with E-state index >= 15 is 0 Å². The van der Waals surface area contributed by atoms with E-state index < -0.39 is 10.0 Å². The van der Waals surface area contributed by atoms with Crippen LogP contribution in [-0.2, 0) is 14.2 Å². The summed E-state index contributed by atoms with van der Waals surface area (Å²) in [5, 5.41) is 0. The van der Waals surface area contributed by atoms with E-state index in [1.807, 2.05) is 7.05 Å². The van der Waals surface area contributed by atoms with Crippen LogP contribution in [-0.4, -0.2) is 42.1 Å². The van der Waals surface area contributed by atoms with Crippen LogP contribution in [0, 0.1) is 4.78 Å². The largest absolute Gasteiger partial charge is 0.307 e. The topological polar surface area (TPSA) is 53.4 Å². The van der Waals surface area contributed by atoms with Crippen molar-refractivity contribution in [3.8, 4) is 0 Å². The van der Waals surface area contributed by atoms with Gasteiger partial charge in [-0.25, -0.2) is 8.99 Å². The van der Waals surface area contributed by atoms with Crippen LogP contribution in [0.5, 0.6) is 0 Å². The van der Waals surface area contributed by atoms with Gasteiger partial charge in [-0.1, -0.05) is 6.92 Å². The SMILES string of the molecule is CCN(C)CCCS(=N)(=O)OC. The fraction of sp³-hybridized carbons (Fsp3) is 1.00. The van der Waals surface area contributed by atoms with E-state index in [1.54, 1.807) is 0 Å². The van der Waals surface area contributed by atoms with Crippen molar-refractivity contribution in [3.63, 3.8) is 0 Å². The average Bonchev–Trinajstić information content (AvgIpc) is 2.04. The molecule has 0 radical (unpaired) electrons. The molecule has 4 nitrogen and oxygen atoms in total. The molecule has 1 atom stereocenters. The van der Waals surface area contributed by atoms with Gasteiger partial charge in [-0.05, 0) is 26.6 Å². The van der Waals surface area contributed by atoms with Gasteiger partial charge in [-0.15, -0.1) is 0 Å². The Morgan fingerprint density at radius 2 is 2.17 bits per heavy atom. The maximum Gasteiger partial charge on any atom is 0.160 e. The van der Waals surface area contributed by atoms with Crippen molar-refractivity contribution >= 4 is 10.0 Å². The van der Waals surface area contributed by atoms with E-state index in [1.165, 1.54) is 7.11 Å². The third-order valence-corrected chi connectivity index (χ3v) is 3.13. The van der Waals surface area contributed by atoms with E-state index in [4.69, 9.17) is 4.78 Å². The van der Waals surface area contributed by atoms with Gasteiger partial charge >= 0.3 is 0 Å². The molecule has 0 bridgehead atoms. The maximum atomic E-state index is 11.1. The predicted octanol–water partition coefficient (Wildman–Crippen LogP) is 0.936. The number of nitrogens with zero attached hydrogens (tertiary/aromatic N) is 1. The number of hydrogen-bond donors (Lipinski definition) is 1. The van der Waals surface area contributed by atoms with E-state index in [2.05, 4.69) is 16.0 Å². The zero-order valence-corrected chi connectivity index (χ0v) is 8.82. The number of hydrogen-bond acceptors (Lipinski definition) is 4. The van der Waals surface area contributed by atoms with Crippen molar-refractivity contribution < 1.29 is 8.39 Å². The second kappa shape index (κ2) is 5.50. The van der Waals surface area contributed by atoms with Gasteiger partial charge in [0.2, 0.25) is 0 Å². The van der Waals surface area contributed by atoms with Crippen LogP contribution in [0.1, 0.15) is 13.3 Å². The standard InChI is InChI=1S/C7H18N2O2S/c1-4-9(2)6-5-7-12(8,10)11-3/h8H,4-7H2,1-3H3. The minimum absolute atomic E-state index is 0.327. The molecule has 0 aromatic rings. The monoisotopic (exact) mass is 194 g/mol. The van der Waals surface area contributed by atoms with Crippen molar-refractivity contribution in [3.05, 3.63) is 0 Å². The summed E-state index contributed by atoms with van der Waals surface area (Å²) in [6.07, 6.45) is 0.751. The van der Waals surface area contributed by atoms with Gasteiger partial charge in [0, 0.05) is 0 Å².